The minimum absolute atomic E-state index is 0.0994. The lowest BCUT2D eigenvalue weighted by Crippen LogP contribution is -2.36. The first-order valence-electron chi connectivity index (χ1n) is 9.21. The van der Waals surface area contributed by atoms with Crippen molar-refractivity contribution in [1.82, 2.24) is 14.8 Å². The van der Waals surface area contributed by atoms with Crippen LogP contribution >= 0.6 is 11.3 Å². The van der Waals surface area contributed by atoms with E-state index in [-0.39, 0.29) is 12.1 Å². The zero-order chi connectivity index (χ0) is 17.5. The van der Waals surface area contributed by atoms with Crippen LogP contribution in [0.15, 0.2) is 54.2 Å². The van der Waals surface area contributed by atoms with Gasteiger partial charge in [-0.1, -0.05) is 30.3 Å². The number of fused-ring (bicyclic) bond motifs is 1. The average Bonchev–Trinajstić information content (AvgIpc) is 3.41. The van der Waals surface area contributed by atoms with Crippen LogP contribution in [0.1, 0.15) is 18.9 Å². The molecule has 3 heterocycles. The summed E-state index contributed by atoms with van der Waals surface area (Å²) in [7, 11) is 0. The second-order valence-corrected chi connectivity index (χ2v) is 8.24. The molecule has 3 aromatic rings. The van der Waals surface area contributed by atoms with Crippen molar-refractivity contribution < 1.29 is 5.11 Å². The Labute approximate surface area is 156 Å². The third kappa shape index (κ3) is 2.83. The Kier molecular flexibility index (Phi) is 4.02. The van der Waals surface area contributed by atoms with Crippen LogP contribution in [-0.2, 0) is 0 Å². The maximum absolute atomic E-state index is 10.6. The van der Waals surface area contributed by atoms with Gasteiger partial charge in [0.05, 0.1) is 17.8 Å². The number of hydrogen-bond donors (Lipinski definition) is 1. The van der Waals surface area contributed by atoms with Crippen LogP contribution in [0.3, 0.4) is 0 Å². The predicted molar refractivity (Wildman–Crippen MR) is 103 cm³/mol. The van der Waals surface area contributed by atoms with Crippen molar-refractivity contribution in [2.24, 2.45) is 11.8 Å². The number of anilines is 1. The average molecular weight is 366 g/mol. The molecule has 1 aliphatic carbocycles. The zero-order valence-corrected chi connectivity index (χ0v) is 15.3. The van der Waals surface area contributed by atoms with E-state index in [9.17, 15) is 5.11 Å². The second-order valence-electron chi connectivity index (χ2n) is 7.40. The highest BCUT2D eigenvalue weighted by Crippen LogP contribution is 2.43. The third-order valence-corrected chi connectivity index (χ3v) is 6.71. The lowest BCUT2D eigenvalue weighted by atomic mass is 9.77. The maximum Gasteiger partial charge on any atom is 0.185 e. The number of rotatable bonds is 3. The summed E-state index contributed by atoms with van der Waals surface area (Å²) in [5, 5.41) is 18.2. The summed E-state index contributed by atoms with van der Waals surface area (Å²) in [5.74, 6) is 1.14. The number of thiazole rings is 1. The van der Waals surface area contributed by atoms with E-state index in [1.807, 2.05) is 23.0 Å². The molecule has 5 rings (SSSR count). The van der Waals surface area contributed by atoms with E-state index < -0.39 is 0 Å². The van der Waals surface area contributed by atoms with Crippen molar-refractivity contribution in [3.8, 4) is 11.3 Å². The number of aromatic nitrogens is 3. The molecule has 4 atom stereocenters. The summed E-state index contributed by atoms with van der Waals surface area (Å²) < 4.78 is 1.93. The lowest BCUT2D eigenvalue weighted by Gasteiger charge is -2.35. The first-order chi connectivity index (χ1) is 12.8. The normalized spacial score (nSPS) is 28.3. The predicted octanol–water partition coefficient (Wildman–Crippen LogP) is 3.46. The van der Waals surface area contributed by atoms with Gasteiger partial charge in [-0.05, 0) is 30.7 Å². The molecule has 0 bridgehead atoms. The number of aliphatic hydroxyl groups excluding tert-OH is 1. The largest absolute Gasteiger partial charge is 0.391 e. The fraction of sp³-hybridized carbons (Fsp3) is 0.400. The molecule has 0 spiro atoms. The number of benzene rings is 1. The Balaban J connectivity index is 1.32. The van der Waals surface area contributed by atoms with Gasteiger partial charge in [-0.15, -0.1) is 11.3 Å². The molecule has 1 N–H and O–H groups in total. The quantitative estimate of drug-likeness (QED) is 0.771. The number of hydrogen-bond acceptors (Lipinski definition) is 5. The topological polar surface area (TPSA) is 54.2 Å². The summed E-state index contributed by atoms with van der Waals surface area (Å²) >= 11 is 1.72. The summed E-state index contributed by atoms with van der Waals surface area (Å²) in [6.45, 7) is 2.02. The van der Waals surface area contributed by atoms with Crippen molar-refractivity contribution in [2.45, 2.75) is 25.0 Å². The van der Waals surface area contributed by atoms with Gasteiger partial charge >= 0.3 is 0 Å². The minimum atomic E-state index is -0.313. The summed E-state index contributed by atoms with van der Waals surface area (Å²) in [6, 6.07) is 12.4. The highest BCUT2D eigenvalue weighted by atomic mass is 32.1. The monoisotopic (exact) mass is 366 g/mol. The van der Waals surface area contributed by atoms with E-state index >= 15 is 0 Å². The minimum Gasteiger partial charge on any atom is -0.391 e. The highest BCUT2D eigenvalue weighted by Gasteiger charge is 2.43. The summed E-state index contributed by atoms with van der Waals surface area (Å²) in [4.78, 5) is 7.28. The molecule has 6 heteroatoms. The first-order valence-corrected chi connectivity index (χ1v) is 10.1. The molecule has 0 unspecified atom stereocenters. The fourth-order valence-corrected chi connectivity index (χ4v) is 5.33. The van der Waals surface area contributed by atoms with E-state index in [1.54, 1.807) is 17.5 Å². The van der Waals surface area contributed by atoms with E-state index in [4.69, 9.17) is 4.98 Å². The van der Waals surface area contributed by atoms with Crippen LogP contribution < -0.4 is 4.90 Å². The molecule has 26 heavy (non-hydrogen) atoms. The zero-order valence-electron chi connectivity index (χ0n) is 14.5. The van der Waals surface area contributed by atoms with Crippen molar-refractivity contribution in [3.05, 3.63) is 54.2 Å². The molecule has 5 nitrogen and oxygen atoms in total. The van der Waals surface area contributed by atoms with Crippen molar-refractivity contribution >= 4 is 16.5 Å². The Hall–Kier alpha value is -2.18. The van der Waals surface area contributed by atoms with Gasteiger partial charge in [-0.2, -0.15) is 5.10 Å². The molecular formula is C20H22N4OS. The van der Waals surface area contributed by atoms with Crippen LogP contribution in [0.25, 0.3) is 11.3 Å². The molecule has 2 fully saturated rings. The molecule has 2 aliphatic rings. The van der Waals surface area contributed by atoms with Gasteiger partial charge in [0.25, 0.3) is 0 Å². The third-order valence-electron chi connectivity index (χ3n) is 5.81. The van der Waals surface area contributed by atoms with E-state index in [0.29, 0.717) is 11.8 Å². The molecule has 0 amide bonds. The first kappa shape index (κ1) is 16.0. The summed E-state index contributed by atoms with van der Waals surface area (Å²) in [6.07, 6.45) is 5.28. The van der Waals surface area contributed by atoms with E-state index in [2.05, 4.69) is 39.6 Å². The fourth-order valence-electron chi connectivity index (χ4n) is 4.48. The Morgan fingerprint density at radius 3 is 2.62 bits per heavy atom. The van der Waals surface area contributed by atoms with Crippen LogP contribution in [0.4, 0.5) is 5.13 Å². The molecule has 1 saturated heterocycles. The molecule has 1 aliphatic heterocycles. The smallest absolute Gasteiger partial charge is 0.185 e. The van der Waals surface area contributed by atoms with Gasteiger partial charge in [0.2, 0.25) is 0 Å². The van der Waals surface area contributed by atoms with Crippen molar-refractivity contribution in [1.29, 1.82) is 0 Å². The van der Waals surface area contributed by atoms with Gasteiger partial charge in [0.1, 0.15) is 0 Å². The van der Waals surface area contributed by atoms with E-state index in [1.165, 1.54) is 5.56 Å². The van der Waals surface area contributed by atoms with Gasteiger partial charge < -0.3 is 10.0 Å². The molecular weight excluding hydrogens is 344 g/mol. The van der Waals surface area contributed by atoms with Crippen LogP contribution in [0.5, 0.6) is 0 Å². The van der Waals surface area contributed by atoms with Crippen LogP contribution in [0, 0.1) is 11.8 Å². The SMILES string of the molecule is O[C@@H]1C[C@H]2CN(c3nc(-c4ccccc4)cs3)C[C@H]2C[C@H]1n1cccn1. The van der Waals surface area contributed by atoms with Crippen molar-refractivity contribution in [3.63, 3.8) is 0 Å². The molecule has 2 aromatic heterocycles. The van der Waals surface area contributed by atoms with Gasteiger partial charge in [-0.25, -0.2) is 4.98 Å². The second kappa shape index (κ2) is 6.52. The number of nitrogens with zero attached hydrogens (tertiary/aromatic N) is 4. The van der Waals surface area contributed by atoms with Gasteiger partial charge in [0.15, 0.2) is 5.13 Å². The standard InChI is InChI=1S/C20H22N4OS/c25-19-10-16-12-23(11-15(16)9-18(19)24-8-4-7-21-24)20-22-17(13-26-20)14-5-2-1-3-6-14/h1-8,13,15-16,18-19,25H,9-12H2/t15-,16+,18-,19-/m1/s1. The Morgan fingerprint density at radius 2 is 1.85 bits per heavy atom. The summed E-state index contributed by atoms with van der Waals surface area (Å²) in [5.41, 5.74) is 2.22. The van der Waals surface area contributed by atoms with Gasteiger partial charge in [-0.3, -0.25) is 4.68 Å². The van der Waals surface area contributed by atoms with Crippen molar-refractivity contribution in [2.75, 3.05) is 18.0 Å². The molecule has 1 aromatic carbocycles. The van der Waals surface area contributed by atoms with Crippen LogP contribution in [0.2, 0.25) is 0 Å². The highest BCUT2D eigenvalue weighted by molar-refractivity contribution is 7.14. The Morgan fingerprint density at radius 1 is 1.04 bits per heavy atom. The Bertz CT molecular complexity index is 863. The maximum atomic E-state index is 10.6. The number of aliphatic hydroxyl groups is 1. The van der Waals surface area contributed by atoms with E-state index in [0.717, 1.165) is 36.8 Å². The molecule has 134 valence electrons. The van der Waals surface area contributed by atoms with Gasteiger partial charge in [0, 0.05) is 36.4 Å². The molecule has 0 radical (unpaired) electrons. The van der Waals surface area contributed by atoms with Crippen LogP contribution in [-0.4, -0.2) is 39.1 Å². The molecule has 1 saturated carbocycles. The lowest BCUT2D eigenvalue weighted by molar-refractivity contribution is 0.0306.